The molecule has 1 amide bonds. The molecule has 0 radical (unpaired) electrons. The number of amides is 1. The van der Waals surface area contributed by atoms with Gasteiger partial charge in [-0.25, -0.2) is 0 Å². The maximum atomic E-state index is 12.0. The summed E-state index contributed by atoms with van der Waals surface area (Å²) in [6, 6.07) is 0.00994. The largest absolute Gasteiger partial charge is 0.325 e. The molecule has 0 aliphatic carbocycles. The highest BCUT2D eigenvalue weighted by atomic mass is 32.2. The van der Waals surface area contributed by atoms with Gasteiger partial charge in [0.2, 0.25) is 5.91 Å². The van der Waals surface area contributed by atoms with Crippen molar-refractivity contribution in [1.29, 1.82) is 0 Å². The molecule has 1 saturated heterocycles. The van der Waals surface area contributed by atoms with E-state index in [0.717, 1.165) is 6.42 Å². The van der Waals surface area contributed by atoms with Crippen LogP contribution in [0.1, 0.15) is 27.2 Å². The minimum Gasteiger partial charge on any atom is -0.325 e. The molecule has 0 aromatic heterocycles. The highest BCUT2D eigenvalue weighted by molar-refractivity contribution is 7.84. The van der Waals surface area contributed by atoms with E-state index in [1.807, 2.05) is 6.92 Å². The summed E-state index contributed by atoms with van der Waals surface area (Å²) in [6.07, 6.45) is 2.55. The fraction of sp³-hybridized carbons (Fsp3) is 0.909. The molecule has 3 atom stereocenters. The smallest absolute Gasteiger partial charge is 0.241 e. The van der Waals surface area contributed by atoms with Crippen LogP contribution in [0.15, 0.2) is 0 Å². The SMILES string of the molecule is CC(C)CC1NCN(C(C)CS(C)=O)C1=O. The molecule has 94 valence electrons. The fourth-order valence-corrected chi connectivity index (χ4v) is 2.89. The zero-order chi connectivity index (χ0) is 12.3. The molecule has 1 aliphatic heterocycles. The van der Waals surface area contributed by atoms with Crippen LogP contribution in [-0.2, 0) is 15.6 Å². The number of hydrogen-bond donors (Lipinski definition) is 1. The summed E-state index contributed by atoms with van der Waals surface area (Å²) >= 11 is 0. The third kappa shape index (κ3) is 3.56. The molecule has 0 saturated carbocycles. The van der Waals surface area contributed by atoms with Crippen molar-refractivity contribution in [2.75, 3.05) is 18.7 Å². The second-order valence-corrected chi connectivity index (χ2v) is 6.42. The molecule has 1 aliphatic rings. The zero-order valence-electron chi connectivity index (χ0n) is 10.5. The minimum absolute atomic E-state index is 0.0484. The van der Waals surface area contributed by atoms with Gasteiger partial charge in [-0.05, 0) is 19.3 Å². The van der Waals surface area contributed by atoms with Crippen molar-refractivity contribution in [3.63, 3.8) is 0 Å². The van der Waals surface area contributed by atoms with E-state index in [2.05, 4.69) is 19.2 Å². The number of hydrogen-bond acceptors (Lipinski definition) is 3. The number of nitrogens with one attached hydrogen (secondary N) is 1. The van der Waals surface area contributed by atoms with Gasteiger partial charge >= 0.3 is 0 Å². The zero-order valence-corrected chi connectivity index (χ0v) is 11.3. The van der Waals surface area contributed by atoms with Crippen LogP contribution in [0.5, 0.6) is 0 Å². The number of rotatable bonds is 5. The van der Waals surface area contributed by atoms with Gasteiger partial charge in [0.1, 0.15) is 0 Å². The summed E-state index contributed by atoms with van der Waals surface area (Å²) in [6.45, 7) is 6.78. The van der Waals surface area contributed by atoms with Crippen molar-refractivity contribution in [3.05, 3.63) is 0 Å². The van der Waals surface area contributed by atoms with Gasteiger partial charge in [0.25, 0.3) is 0 Å². The molecule has 0 spiro atoms. The van der Waals surface area contributed by atoms with Gasteiger partial charge in [0, 0.05) is 28.9 Å². The first kappa shape index (κ1) is 13.6. The third-order valence-electron chi connectivity index (χ3n) is 2.80. The van der Waals surface area contributed by atoms with Crippen LogP contribution in [0, 0.1) is 5.92 Å². The summed E-state index contributed by atoms with van der Waals surface area (Å²) in [5.74, 6) is 1.23. The second-order valence-electron chi connectivity index (χ2n) is 4.94. The molecule has 3 unspecified atom stereocenters. The first-order valence-electron chi connectivity index (χ1n) is 5.75. The van der Waals surface area contributed by atoms with Crippen molar-refractivity contribution in [1.82, 2.24) is 10.2 Å². The van der Waals surface area contributed by atoms with Gasteiger partial charge in [-0.1, -0.05) is 13.8 Å². The molecule has 0 aromatic rings. The topological polar surface area (TPSA) is 49.4 Å². The van der Waals surface area contributed by atoms with Gasteiger partial charge in [0.05, 0.1) is 12.7 Å². The Balaban J connectivity index is 2.53. The van der Waals surface area contributed by atoms with Crippen LogP contribution in [0.2, 0.25) is 0 Å². The van der Waals surface area contributed by atoms with E-state index in [9.17, 15) is 9.00 Å². The molecule has 0 aromatic carbocycles. The summed E-state index contributed by atoms with van der Waals surface area (Å²) in [5.41, 5.74) is 0. The van der Waals surface area contributed by atoms with E-state index in [1.54, 1.807) is 11.2 Å². The Morgan fingerprint density at radius 1 is 1.50 bits per heavy atom. The maximum Gasteiger partial charge on any atom is 0.241 e. The average molecular weight is 246 g/mol. The van der Waals surface area contributed by atoms with E-state index in [-0.39, 0.29) is 18.0 Å². The summed E-state index contributed by atoms with van der Waals surface area (Å²) < 4.78 is 11.1. The van der Waals surface area contributed by atoms with E-state index in [4.69, 9.17) is 0 Å². The fourth-order valence-electron chi connectivity index (χ4n) is 2.03. The average Bonchev–Trinajstić information content (AvgIpc) is 2.46. The summed E-state index contributed by atoms with van der Waals surface area (Å²) in [7, 11) is -0.850. The first-order valence-corrected chi connectivity index (χ1v) is 7.48. The number of carbonyl (C=O) groups is 1. The highest BCUT2D eigenvalue weighted by Gasteiger charge is 2.34. The van der Waals surface area contributed by atoms with Gasteiger partial charge in [-0.15, -0.1) is 0 Å². The Kier molecular flexibility index (Phi) is 4.92. The lowest BCUT2D eigenvalue weighted by Crippen LogP contribution is -2.40. The molecule has 5 heteroatoms. The molecular formula is C11H22N2O2S. The van der Waals surface area contributed by atoms with E-state index in [1.165, 1.54) is 0 Å². The van der Waals surface area contributed by atoms with Crippen molar-refractivity contribution in [2.45, 2.75) is 39.3 Å². The van der Waals surface area contributed by atoms with Gasteiger partial charge < -0.3 is 4.90 Å². The van der Waals surface area contributed by atoms with Crippen molar-refractivity contribution in [2.24, 2.45) is 5.92 Å². The van der Waals surface area contributed by atoms with Crippen LogP contribution in [0.25, 0.3) is 0 Å². The van der Waals surface area contributed by atoms with Crippen molar-refractivity contribution in [3.8, 4) is 0 Å². The predicted octanol–water partition coefficient (Wildman–Crippen LogP) is 0.557. The first-order chi connectivity index (χ1) is 7.41. The highest BCUT2D eigenvalue weighted by Crippen LogP contribution is 2.15. The van der Waals surface area contributed by atoms with Gasteiger partial charge in [-0.3, -0.25) is 14.3 Å². The lowest BCUT2D eigenvalue weighted by Gasteiger charge is -2.23. The molecule has 1 rings (SSSR count). The molecule has 1 N–H and O–H groups in total. The predicted molar refractivity (Wildman–Crippen MR) is 66.5 cm³/mol. The van der Waals surface area contributed by atoms with E-state index < -0.39 is 10.8 Å². The number of nitrogens with zero attached hydrogens (tertiary/aromatic N) is 1. The van der Waals surface area contributed by atoms with E-state index >= 15 is 0 Å². The minimum atomic E-state index is -0.850. The lowest BCUT2D eigenvalue weighted by atomic mass is 10.0. The Morgan fingerprint density at radius 2 is 2.12 bits per heavy atom. The van der Waals surface area contributed by atoms with Crippen LogP contribution in [0.3, 0.4) is 0 Å². The summed E-state index contributed by atoms with van der Waals surface area (Å²) in [4.78, 5) is 13.8. The third-order valence-corrected chi connectivity index (χ3v) is 3.76. The van der Waals surface area contributed by atoms with Crippen LogP contribution < -0.4 is 5.32 Å². The van der Waals surface area contributed by atoms with Crippen LogP contribution >= 0.6 is 0 Å². The van der Waals surface area contributed by atoms with Crippen molar-refractivity contribution < 1.29 is 9.00 Å². The van der Waals surface area contributed by atoms with Crippen LogP contribution in [-0.4, -0.2) is 45.8 Å². The van der Waals surface area contributed by atoms with Gasteiger partial charge in [-0.2, -0.15) is 0 Å². The van der Waals surface area contributed by atoms with Gasteiger partial charge in [0.15, 0.2) is 0 Å². The molecule has 1 fully saturated rings. The quantitative estimate of drug-likeness (QED) is 0.771. The molecular weight excluding hydrogens is 224 g/mol. The molecule has 16 heavy (non-hydrogen) atoms. The second kappa shape index (κ2) is 5.77. The normalized spacial score (nSPS) is 25.2. The Morgan fingerprint density at radius 3 is 2.62 bits per heavy atom. The number of carbonyl (C=O) groups excluding carboxylic acids is 1. The van der Waals surface area contributed by atoms with E-state index in [0.29, 0.717) is 18.3 Å². The maximum absolute atomic E-state index is 12.0. The molecule has 0 bridgehead atoms. The Hall–Kier alpha value is -0.420. The van der Waals surface area contributed by atoms with Crippen LogP contribution in [0.4, 0.5) is 0 Å². The molecule has 4 nitrogen and oxygen atoms in total. The monoisotopic (exact) mass is 246 g/mol. The summed E-state index contributed by atoms with van der Waals surface area (Å²) in [5, 5.41) is 3.22. The Labute approximate surface area is 100 Å². The standard InChI is InChI=1S/C11H22N2O2S/c1-8(2)5-10-11(14)13(7-12-10)9(3)6-16(4)15/h8-10,12H,5-7H2,1-4H3. The lowest BCUT2D eigenvalue weighted by molar-refractivity contribution is -0.130. The molecule has 1 heterocycles. The van der Waals surface area contributed by atoms with Crippen molar-refractivity contribution >= 4 is 16.7 Å². The Bertz CT molecular complexity index is 281.